The second-order valence-corrected chi connectivity index (χ2v) is 15.2. The van der Waals surface area contributed by atoms with Gasteiger partial charge in [-0.15, -0.1) is 0 Å². The van der Waals surface area contributed by atoms with Gasteiger partial charge in [0, 0.05) is 29.4 Å². The second-order valence-electron chi connectivity index (χ2n) is 12.8. The van der Waals surface area contributed by atoms with Crippen LogP contribution >= 0.6 is 11.6 Å². The molecule has 14 nitrogen and oxygen atoms in total. The Morgan fingerprint density at radius 3 is 2.12 bits per heavy atom. The second kappa shape index (κ2) is 14.3. The van der Waals surface area contributed by atoms with Crippen LogP contribution in [0, 0.1) is 5.41 Å². The Hall–Kier alpha value is -4.71. The van der Waals surface area contributed by atoms with E-state index in [1.54, 1.807) is 30.7 Å². The summed E-state index contributed by atoms with van der Waals surface area (Å²) in [6, 6.07) is 12.7. The molecule has 0 aliphatic heterocycles. The topological polar surface area (TPSA) is 193 Å². The molecule has 268 valence electrons. The molecule has 5 N–H and O–H groups in total. The maximum atomic E-state index is 12.9. The molecule has 2 aliphatic rings. The average Bonchev–Trinajstić information content (AvgIpc) is 3.98. The van der Waals surface area contributed by atoms with Crippen LogP contribution in [0.3, 0.4) is 0 Å². The average molecular weight is 739 g/mol. The molecular formula is C31H34ClF3N8O6S. The third-order valence-electron chi connectivity index (χ3n) is 7.74. The number of nitrogens with zero attached hydrogens (tertiary/aromatic N) is 3. The van der Waals surface area contributed by atoms with Crippen LogP contribution in [-0.2, 0) is 25.2 Å². The Balaban J connectivity index is 1.18. The minimum Gasteiger partial charge on any atom is -0.454 e. The van der Waals surface area contributed by atoms with E-state index in [0.29, 0.717) is 23.6 Å². The van der Waals surface area contributed by atoms with Crippen LogP contribution in [-0.4, -0.2) is 72.2 Å². The van der Waals surface area contributed by atoms with Crippen LogP contribution in [0.25, 0.3) is 0 Å². The predicted octanol–water partition coefficient (Wildman–Crippen LogP) is 3.79. The zero-order chi connectivity index (χ0) is 36.3. The van der Waals surface area contributed by atoms with Gasteiger partial charge in [-0.25, -0.2) is 13.1 Å². The van der Waals surface area contributed by atoms with Crippen molar-refractivity contribution in [3.63, 3.8) is 0 Å². The number of carbonyl (C=O) groups excluding carboxylic acids is 3. The monoisotopic (exact) mass is 738 g/mol. The molecule has 1 aromatic heterocycles. The summed E-state index contributed by atoms with van der Waals surface area (Å²) in [5.41, 5.74) is 0.328. The maximum absolute atomic E-state index is 12.9. The number of nitrogens with one attached hydrogen (secondary N) is 5. The van der Waals surface area contributed by atoms with E-state index < -0.39 is 62.7 Å². The number of hydrogen-bond acceptors (Lipinski definition) is 11. The van der Waals surface area contributed by atoms with E-state index in [0.717, 1.165) is 18.4 Å². The summed E-state index contributed by atoms with van der Waals surface area (Å²) in [4.78, 5) is 49.3. The highest BCUT2D eigenvalue weighted by Gasteiger charge is 2.45. The molecule has 1 heterocycles. The summed E-state index contributed by atoms with van der Waals surface area (Å²) in [7, 11) is -3.87. The smallest absolute Gasteiger partial charge is 0.422 e. The molecule has 0 saturated heterocycles. The number of alkyl halides is 3. The van der Waals surface area contributed by atoms with E-state index in [1.165, 1.54) is 24.3 Å². The largest absolute Gasteiger partial charge is 0.454 e. The summed E-state index contributed by atoms with van der Waals surface area (Å²) in [5.74, 6) is -2.94. The van der Waals surface area contributed by atoms with E-state index in [2.05, 4.69) is 36.2 Å². The Morgan fingerprint density at radius 1 is 0.900 bits per heavy atom. The summed E-state index contributed by atoms with van der Waals surface area (Å²) in [6.07, 6.45) is -2.30. The molecule has 0 unspecified atom stereocenters. The van der Waals surface area contributed by atoms with Crippen LogP contribution in [0.2, 0.25) is 5.02 Å². The number of sulfonamides is 1. The van der Waals surface area contributed by atoms with E-state index in [9.17, 15) is 36.0 Å². The lowest BCUT2D eigenvalue weighted by atomic mass is 9.93. The van der Waals surface area contributed by atoms with Crippen molar-refractivity contribution in [1.82, 2.24) is 30.3 Å². The summed E-state index contributed by atoms with van der Waals surface area (Å²) in [6.45, 7) is 1.90. The first-order chi connectivity index (χ1) is 23.4. The van der Waals surface area contributed by atoms with Crippen molar-refractivity contribution in [1.29, 1.82) is 0 Å². The van der Waals surface area contributed by atoms with Gasteiger partial charge in [0.2, 0.25) is 21.9 Å². The minimum atomic E-state index is -4.62. The Labute approximate surface area is 290 Å². The number of aromatic nitrogens is 3. The number of amides is 3. The summed E-state index contributed by atoms with van der Waals surface area (Å²) >= 11 is 6.02. The normalized spacial score (nSPS) is 15.4. The number of carbonyl (C=O) groups is 3. The van der Waals surface area contributed by atoms with Gasteiger partial charge >= 0.3 is 24.0 Å². The number of ether oxygens (including phenoxy) is 1. The van der Waals surface area contributed by atoms with Crippen LogP contribution in [0.1, 0.15) is 55.5 Å². The zero-order valence-electron chi connectivity index (χ0n) is 26.9. The molecule has 3 amide bonds. The molecule has 0 spiro atoms. The molecule has 2 saturated carbocycles. The third kappa shape index (κ3) is 10.2. The van der Waals surface area contributed by atoms with Crippen molar-refractivity contribution in [2.24, 2.45) is 5.41 Å². The molecule has 2 aromatic carbocycles. The van der Waals surface area contributed by atoms with Gasteiger partial charge in [-0.2, -0.15) is 28.1 Å². The first-order valence-corrected chi connectivity index (χ1v) is 17.3. The highest BCUT2D eigenvalue weighted by atomic mass is 35.5. The van der Waals surface area contributed by atoms with Gasteiger partial charge in [-0.1, -0.05) is 37.6 Å². The van der Waals surface area contributed by atoms with E-state index >= 15 is 0 Å². The lowest BCUT2D eigenvalue weighted by Crippen LogP contribution is -2.48. The molecule has 0 atom stereocenters. The number of rotatable bonds is 14. The summed E-state index contributed by atoms with van der Waals surface area (Å²) in [5, 5.41) is 11.1. The van der Waals surface area contributed by atoms with Gasteiger partial charge in [0.15, 0.2) is 6.61 Å². The first-order valence-electron chi connectivity index (χ1n) is 15.4. The van der Waals surface area contributed by atoms with Crippen LogP contribution in [0.4, 0.5) is 30.8 Å². The maximum Gasteiger partial charge on any atom is 0.422 e. The Bertz CT molecular complexity index is 1850. The number of hydrogen-bond donors (Lipinski definition) is 5. The van der Waals surface area contributed by atoms with E-state index in [1.807, 2.05) is 12.1 Å². The number of benzene rings is 2. The highest BCUT2D eigenvalue weighted by molar-refractivity contribution is 7.91. The quantitative estimate of drug-likeness (QED) is 0.151. The van der Waals surface area contributed by atoms with E-state index in [-0.39, 0.29) is 30.5 Å². The fourth-order valence-electron chi connectivity index (χ4n) is 4.63. The van der Waals surface area contributed by atoms with Crippen molar-refractivity contribution in [3.8, 4) is 6.01 Å². The molecular weight excluding hydrogens is 705 g/mol. The van der Waals surface area contributed by atoms with Crippen molar-refractivity contribution < 1.29 is 40.7 Å². The highest BCUT2D eigenvalue weighted by Crippen LogP contribution is 2.48. The van der Waals surface area contributed by atoms with Crippen molar-refractivity contribution in [2.45, 2.75) is 56.5 Å². The van der Waals surface area contributed by atoms with Gasteiger partial charge in [-0.05, 0) is 73.1 Å². The molecule has 19 heteroatoms. The zero-order valence-corrected chi connectivity index (χ0v) is 28.4. The van der Waals surface area contributed by atoms with Crippen molar-refractivity contribution in [3.05, 3.63) is 64.7 Å². The van der Waals surface area contributed by atoms with Gasteiger partial charge < -0.3 is 26.0 Å². The van der Waals surface area contributed by atoms with Crippen LogP contribution < -0.4 is 30.7 Å². The fraction of sp³-hybridized carbons (Fsp3) is 0.419. The predicted molar refractivity (Wildman–Crippen MR) is 176 cm³/mol. The number of anilines is 3. The lowest BCUT2D eigenvalue weighted by Gasteiger charge is -2.25. The summed E-state index contributed by atoms with van der Waals surface area (Å²) < 4.78 is 69.1. The standard InChI is InChI=1S/C31H34ClF3N8O6S/c1-29(2,16-37-24(45)25(46)43-50(47,48)22-11-12-22)15-36-23(44)18-3-9-21(10-4-18)38-26-39-27(41-28(40-26)49-17-31(33,34)35)42-30(13-14-30)19-5-7-20(32)8-6-19/h3-10,22H,11-17H2,1-2H3,(H,36,44)(H,37,45)(H,43,46)(H2,38,39,40,41,42). The Kier molecular flexibility index (Phi) is 10.4. The molecule has 5 rings (SSSR count). The fourth-order valence-corrected chi connectivity index (χ4v) is 6.03. The van der Waals surface area contributed by atoms with Crippen LogP contribution in [0.5, 0.6) is 6.01 Å². The van der Waals surface area contributed by atoms with Gasteiger partial charge in [0.1, 0.15) is 0 Å². The minimum absolute atomic E-state index is 0.00847. The SMILES string of the molecule is CC(C)(CNC(=O)C(=O)NS(=O)(=O)C1CC1)CNC(=O)c1ccc(Nc2nc(NC3(c4ccc(Cl)cc4)CC3)nc(OCC(F)(F)F)n2)cc1. The number of halogens is 4. The van der Waals surface area contributed by atoms with Gasteiger partial charge in [0.25, 0.3) is 5.91 Å². The molecule has 2 aliphatic carbocycles. The first kappa shape index (κ1) is 36.6. The molecule has 3 aromatic rings. The van der Waals surface area contributed by atoms with Crippen molar-refractivity contribution >= 4 is 56.9 Å². The van der Waals surface area contributed by atoms with E-state index in [4.69, 9.17) is 16.3 Å². The lowest BCUT2D eigenvalue weighted by molar-refractivity contribution is -0.154. The molecule has 0 radical (unpaired) electrons. The molecule has 2 fully saturated rings. The Morgan fingerprint density at radius 2 is 1.52 bits per heavy atom. The van der Waals surface area contributed by atoms with Crippen molar-refractivity contribution in [2.75, 3.05) is 30.3 Å². The van der Waals surface area contributed by atoms with Crippen LogP contribution in [0.15, 0.2) is 48.5 Å². The molecule has 0 bridgehead atoms. The third-order valence-corrected chi connectivity index (χ3v) is 9.81. The van der Waals surface area contributed by atoms with Gasteiger partial charge in [0.05, 0.1) is 10.8 Å². The van der Waals surface area contributed by atoms with Gasteiger partial charge in [-0.3, -0.25) is 14.4 Å². The molecule has 50 heavy (non-hydrogen) atoms.